The van der Waals surface area contributed by atoms with E-state index < -0.39 is 0 Å². The van der Waals surface area contributed by atoms with Gasteiger partial charge in [0.2, 0.25) is 0 Å². The van der Waals surface area contributed by atoms with Gasteiger partial charge in [-0.2, -0.15) is 0 Å². The van der Waals surface area contributed by atoms with E-state index in [1.54, 1.807) is 0 Å². The van der Waals surface area contributed by atoms with Crippen LogP contribution in [0.5, 0.6) is 5.75 Å². The molecule has 0 bridgehead atoms. The van der Waals surface area contributed by atoms with Crippen LogP contribution in [-0.4, -0.2) is 12.6 Å². The molecule has 16 heavy (non-hydrogen) atoms. The van der Waals surface area contributed by atoms with E-state index in [4.69, 9.17) is 10.5 Å². The number of para-hydroxylation sites is 1. The molecule has 2 nitrogen and oxygen atoms in total. The van der Waals surface area contributed by atoms with Crippen molar-refractivity contribution in [2.45, 2.75) is 39.7 Å². The van der Waals surface area contributed by atoms with Crippen LogP contribution < -0.4 is 10.5 Å². The lowest BCUT2D eigenvalue weighted by Gasteiger charge is -2.25. The van der Waals surface area contributed by atoms with Gasteiger partial charge in [0.1, 0.15) is 5.75 Å². The van der Waals surface area contributed by atoms with Crippen LogP contribution in [0.25, 0.3) is 0 Å². The van der Waals surface area contributed by atoms with E-state index in [9.17, 15) is 0 Å². The molecule has 0 aliphatic rings. The Morgan fingerprint density at radius 1 is 1.19 bits per heavy atom. The van der Waals surface area contributed by atoms with Gasteiger partial charge in [0.25, 0.3) is 0 Å². The Hall–Kier alpha value is -1.02. The SMILES string of the molecule is CCOc1ccccc1C(C)C(N)C(C)C. The number of rotatable bonds is 5. The highest BCUT2D eigenvalue weighted by Crippen LogP contribution is 2.30. The van der Waals surface area contributed by atoms with Crippen LogP contribution in [0.2, 0.25) is 0 Å². The van der Waals surface area contributed by atoms with Crippen LogP contribution in [0.3, 0.4) is 0 Å². The molecule has 0 fully saturated rings. The van der Waals surface area contributed by atoms with Crippen LogP contribution in [0.4, 0.5) is 0 Å². The minimum absolute atomic E-state index is 0.168. The molecule has 0 heterocycles. The first-order valence-corrected chi connectivity index (χ1v) is 6.05. The summed E-state index contributed by atoms with van der Waals surface area (Å²) in [6, 6.07) is 8.34. The zero-order valence-corrected chi connectivity index (χ0v) is 10.7. The van der Waals surface area contributed by atoms with Gasteiger partial charge in [-0.05, 0) is 24.5 Å². The molecule has 0 saturated heterocycles. The highest BCUT2D eigenvalue weighted by atomic mass is 16.5. The van der Waals surface area contributed by atoms with Gasteiger partial charge >= 0.3 is 0 Å². The van der Waals surface area contributed by atoms with Crippen LogP contribution in [0.15, 0.2) is 24.3 Å². The predicted octanol–water partition coefficient (Wildman–Crippen LogP) is 3.17. The summed E-state index contributed by atoms with van der Waals surface area (Å²) < 4.78 is 5.63. The van der Waals surface area contributed by atoms with E-state index in [-0.39, 0.29) is 6.04 Å². The van der Waals surface area contributed by atoms with E-state index in [2.05, 4.69) is 26.8 Å². The maximum Gasteiger partial charge on any atom is 0.122 e. The molecule has 1 rings (SSSR count). The molecule has 1 aromatic carbocycles. The van der Waals surface area contributed by atoms with E-state index in [1.807, 2.05) is 25.1 Å². The second-order valence-corrected chi connectivity index (χ2v) is 4.58. The lowest BCUT2D eigenvalue weighted by atomic mass is 9.87. The van der Waals surface area contributed by atoms with Crippen LogP contribution in [0, 0.1) is 5.92 Å². The fraction of sp³-hybridized carbons (Fsp3) is 0.571. The Balaban J connectivity index is 2.93. The average Bonchev–Trinajstić information content (AvgIpc) is 2.28. The first kappa shape index (κ1) is 13.0. The summed E-state index contributed by atoms with van der Waals surface area (Å²) in [7, 11) is 0. The molecule has 1 aromatic rings. The van der Waals surface area contributed by atoms with Crippen molar-refractivity contribution in [3.63, 3.8) is 0 Å². The fourth-order valence-corrected chi connectivity index (χ4v) is 1.93. The third-order valence-corrected chi connectivity index (χ3v) is 3.06. The molecule has 2 N–H and O–H groups in total. The lowest BCUT2D eigenvalue weighted by molar-refractivity contribution is 0.329. The van der Waals surface area contributed by atoms with Gasteiger partial charge in [-0.15, -0.1) is 0 Å². The largest absolute Gasteiger partial charge is 0.494 e. The van der Waals surface area contributed by atoms with Crippen molar-refractivity contribution in [1.29, 1.82) is 0 Å². The molecule has 2 atom stereocenters. The summed E-state index contributed by atoms with van der Waals surface area (Å²) in [6.07, 6.45) is 0. The summed E-state index contributed by atoms with van der Waals surface area (Å²) in [6.45, 7) is 9.18. The number of ether oxygens (including phenoxy) is 1. The quantitative estimate of drug-likeness (QED) is 0.829. The summed E-state index contributed by atoms with van der Waals surface area (Å²) >= 11 is 0. The smallest absolute Gasteiger partial charge is 0.122 e. The molecule has 2 unspecified atom stereocenters. The maximum absolute atomic E-state index is 6.20. The van der Waals surface area contributed by atoms with E-state index in [1.165, 1.54) is 5.56 Å². The molecule has 90 valence electrons. The van der Waals surface area contributed by atoms with Crippen LogP contribution in [0.1, 0.15) is 39.2 Å². The second-order valence-electron chi connectivity index (χ2n) is 4.58. The van der Waals surface area contributed by atoms with Gasteiger partial charge < -0.3 is 10.5 Å². The second kappa shape index (κ2) is 5.90. The number of nitrogens with two attached hydrogens (primary N) is 1. The fourth-order valence-electron chi connectivity index (χ4n) is 1.93. The molecule has 0 amide bonds. The highest BCUT2D eigenvalue weighted by Gasteiger charge is 2.20. The Kier molecular flexibility index (Phi) is 4.81. The molecule has 0 aliphatic heterocycles. The van der Waals surface area contributed by atoms with Gasteiger partial charge in [0, 0.05) is 12.0 Å². The van der Waals surface area contributed by atoms with Gasteiger partial charge in [-0.1, -0.05) is 39.0 Å². The van der Waals surface area contributed by atoms with Crippen LogP contribution >= 0.6 is 0 Å². The van der Waals surface area contributed by atoms with E-state index >= 15 is 0 Å². The number of hydrogen-bond acceptors (Lipinski definition) is 2. The first-order valence-electron chi connectivity index (χ1n) is 6.05. The summed E-state index contributed by atoms with van der Waals surface area (Å²) in [5, 5.41) is 0. The normalized spacial score (nSPS) is 14.9. The molecule has 0 radical (unpaired) electrons. The lowest BCUT2D eigenvalue weighted by Crippen LogP contribution is -2.32. The summed E-state index contributed by atoms with van der Waals surface area (Å²) in [5.74, 6) is 1.76. The van der Waals surface area contributed by atoms with Gasteiger partial charge in [0.15, 0.2) is 0 Å². The van der Waals surface area contributed by atoms with Crippen molar-refractivity contribution in [3.8, 4) is 5.75 Å². The zero-order valence-electron chi connectivity index (χ0n) is 10.7. The predicted molar refractivity (Wildman–Crippen MR) is 68.8 cm³/mol. The molecule has 2 heteroatoms. The standard InChI is InChI=1S/C14H23NO/c1-5-16-13-9-7-6-8-12(13)11(4)14(15)10(2)3/h6-11,14H,5,15H2,1-4H3. The minimum Gasteiger partial charge on any atom is -0.494 e. The Labute approximate surface area is 98.8 Å². The van der Waals surface area contributed by atoms with Crippen molar-refractivity contribution in [2.24, 2.45) is 11.7 Å². The van der Waals surface area contributed by atoms with E-state index in [0.29, 0.717) is 18.4 Å². The third-order valence-electron chi connectivity index (χ3n) is 3.06. The molecule has 0 aromatic heterocycles. The number of benzene rings is 1. The van der Waals surface area contributed by atoms with Crippen molar-refractivity contribution in [3.05, 3.63) is 29.8 Å². The highest BCUT2D eigenvalue weighted by molar-refractivity contribution is 5.36. The van der Waals surface area contributed by atoms with Crippen LogP contribution in [-0.2, 0) is 0 Å². The average molecular weight is 221 g/mol. The van der Waals surface area contributed by atoms with Crippen molar-refractivity contribution in [2.75, 3.05) is 6.61 Å². The van der Waals surface area contributed by atoms with Crippen molar-refractivity contribution >= 4 is 0 Å². The molecule has 0 aliphatic carbocycles. The monoisotopic (exact) mass is 221 g/mol. The maximum atomic E-state index is 6.20. The van der Waals surface area contributed by atoms with Gasteiger partial charge in [-0.25, -0.2) is 0 Å². The summed E-state index contributed by atoms with van der Waals surface area (Å²) in [5.41, 5.74) is 7.41. The Morgan fingerprint density at radius 2 is 1.81 bits per heavy atom. The van der Waals surface area contributed by atoms with E-state index in [0.717, 1.165) is 5.75 Å². The first-order chi connectivity index (χ1) is 7.57. The Morgan fingerprint density at radius 3 is 2.38 bits per heavy atom. The summed E-state index contributed by atoms with van der Waals surface area (Å²) in [4.78, 5) is 0. The topological polar surface area (TPSA) is 35.2 Å². The number of hydrogen-bond donors (Lipinski definition) is 1. The molecule has 0 spiro atoms. The minimum atomic E-state index is 0.168. The van der Waals surface area contributed by atoms with Crippen molar-refractivity contribution in [1.82, 2.24) is 0 Å². The van der Waals surface area contributed by atoms with Gasteiger partial charge in [-0.3, -0.25) is 0 Å². The molecular formula is C14H23NO. The van der Waals surface area contributed by atoms with Crippen molar-refractivity contribution < 1.29 is 4.74 Å². The molecule has 0 saturated carbocycles. The third kappa shape index (κ3) is 2.99. The van der Waals surface area contributed by atoms with Gasteiger partial charge in [0.05, 0.1) is 6.61 Å². The Bertz CT molecular complexity index is 322. The molecular weight excluding hydrogens is 198 g/mol. The zero-order chi connectivity index (χ0) is 12.1.